The largest absolute Gasteiger partial charge is 0.242 e. The van der Waals surface area contributed by atoms with E-state index in [0.717, 1.165) is 0 Å². The maximum atomic E-state index is 4.93. The molecule has 0 atom stereocenters. The zero-order valence-electron chi connectivity index (χ0n) is 9.68. The summed E-state index contributed by atoms with van der Waals surface area (Å²) in [6.45, 7) is 13.6. The van der Waals surface area contributed by atoms with E-state index >= 15 is 0 Å². The molecule has 1 heterocycles. The monoisotopic (exact) mass is 240 g/mol. The van der Waals surface area contributed by atoms with Crippen molar-refractivity contribution in [1.29, 1.82) is 0 Å². The van der Waals surface area contributed by atoms with Crippen molar-refractivity contribution in [2.75, 3.05) is 47.0 Å². The molecular weight excluding hydrogens is 219 g/mol. The first-order valence-electron chi connectivity index (χ1n) is 4.33. The third kappa shape index (κ3) is 2.45. The minimum Gasteiger partial charge on any atom is -0.242 e. The van der Waals surface area contributed by atoms with Gasteiger partial charge in [-0.05, 0) is 26.7 Å². The van der Waals surface area contributed by atoms with Gasteiger partial charge in [-0.3, -0.25) is 0 Å². The second kappa shape index (κ2) is 3.17. The molecule has 0 fully saturated rings. The summed E-state index contributed by atoms with van der Waals surface area (Å²) in [6, 6.07) is 0. The van der Waals surface area contributed by atoms with Crippen molar-refractivity contribution >= 4 is 22.0 Å². The van der Waals surface area contributed by atoms with Gasteiger partial charge in [0.15, 0.2) is 0 Å². The molecule has 0 aromatic rings. The lowest BCUT2D eigenvalue weighted by Gasteiger charge is -2.36. The van der Waals surface area contributed by atoms with Gasteiger partial charge in [0.05, 0.1) is 20.5 Å². The van der Waals surface area contributed by atoms with E-state index in [-0.39, 0.29) is 0 Å². The summed E-state index contributed by atoms with van der Waals surface area (Å²) in [6.07, 6.45) is 0. The Kier molecular flexibility index (Phi) is 2.91. The number of nitrogens with zero attached hydrogens (tertiary/aromatic N) is 3. The first-order chi connectivity index (χ1) is 5.57. The van der Waals surface area contributed by atoms with Crippen molar-refractivity contribution in [3.8, 4) is 0 Å². The smallest absolute Gasteiger partial charge is 0.201 e. The van der Waals surface area contributed by atoms with E-state index in [1.807, 2.05) is 0 Å². The van der Waals surface area contributed by atoms with Gasteiger partial charge in [0.1, 0.15) is 7.21 Å². The quantitative estimate of drug-likeness (QED) is 0.592. The van der Waals surface area contributed by atoms with Crippen molar-refractivity contribution in [3.63, 3.8) is 0 Å². The summed E-state index contributed by atoms with van der Waals surface area (Å²) in [5, 5.41) is 0. The Morgan fingerprint density at radius 1 is 1.08 bits per heavy atom. The van der Waals surface area contributed by atoms with Crippen molar-refractivity contribution in [2.24, 2.45) is 9.03 Å². The van der Waals surface area contributed by atoms with E-state index in [9.17, 15) is 0 Å². The van der Waals surface area contributed by atoms with Gasteiger partial charge < -0.3 is 0 Å². The van der Waals surface area contributed by atoms with Crippen LogP contribution in [0.4, 0.5) is 0 Å². The summed E-state index contributed by atoms with van der Waals surface area (Å²) in [5.41, 5.74) is 0. The predicted molar refractivity (Wildman–Crippen MR) is 68.9 cm³/mol. The SMILES string of the molecule is CN1P(C)(C)=NP(C)(C)=N[P+]1(C)C. The average Bonchev–Trinajstić information content (AvgIpc) is 1.77. The second-order valence-corrected chi connectivity index (χ2v) is 15.6. The Morgan fingerprint density at radius 3 is 1.92 bits per heavy atom. The highest BCUT2D eigenvalue weighted by molar-refractivity contribution is 7.90. The minimum atomic E-state index is -1.31. The van der Waals surface area contributed by atoms with E-state index in [4.69, 9.17) is 9.03 Å². The normalized spacial score (nSPS) is 30.4. The fourth-order valence-electron chi connectivity index (χ4n) is 1.74. The average molecular weight is 240 g/mol. The van der Waals surface area contributed by atoms with Gasteiger partial charge in [-0.25, -0.2) is 4.52 Å². The van der Waals surface area contributed by atoms with Crippen molar-refractivity contribution in [2.45, 2.75) is 0 Å². The van der Waals surface area contributed by atoms with Gasteiger partial charge in [-0.15, -0.1) is 8.96 Å². The van der Waals surface area contributed by atoms with Crippen LogP contribution < -0.4 is 0 Å². The number of hydrogen-bond acceptors (Lipinski definition) is 3. The number of rotatable bonds is 0. The summed E-state index contributed by atoms with van der Waals surface area (Å²) in [4.78, 5) is 0. The molecule has 0 spiro atoms. The third-order valence-electron chi connectivity index (χ3n) is 2.29. The van der Waals surface area contributed by atoms with Crippen LogP contribution in [0.3, 0.4) is 0 Å². The van der Waals surface area contributed by atoms with E-state index in [2.05, 4.69) is 51.5 Å². The maximum Gasteiger partial charge on any atom is 0.201 e. The molecule has 78 valence electrons. The van der Waals surface area contributed by atoms with Crippen LogP contribution in [0.1, 0.15) is 0 Å². The highest BCUT2D eigenvalue weighted by atomic mass is 31.3. The highest BCUT2D eigenvalue weighted by Crippen LogP contribution is 2.78. The zero-order valence-corrected chi connectivity index (χ0v) is 12.4. The van der Waals surface area contributed by atoms with Crippen LogP contribution in [0.15, 0.2) is 9.03 Å². The molecule has 0 aliphatic carbocycles. The maximum absolute atomic E-state index is 4.93. The number of hydrogen-bond donors (Lipinski definition) is 0. The molecule has 0 aromatic heterocycles. The first kappa shape index (κ1) is 11.9. The van der Waals surface area contributed by atoms with Gasteiger partial charge in [0, 0.05) is 7.05 Å². The molecule has 0 radical (unpaired) electrons. The van der Waals surface area contributed by atoms with Gasteiger partial charge in [-0.1, -0.05) is 0 Å². The Hall–Kier alpha value is 0.850. The van der Waals surface area contributed by atoms with Crippen LogP contribution >= 0.6 is 22.0 Å². The zero-order chi connectivity index (χ0) is 10.5. The van der Waals surface area contributed by atoms with Crippen LogP contribution in [-0.2, 0) is 0 Å². The molecule has 6 heteroatoms. The van der Waals surface area contributed by atoms with Crippen molar-refractivity contribution in [1.82, 2.24) is 4.44 Å². The molecule has 0 amide bonds. The summed E-state index contributed by atoms with van der Waals surface area (Å²) in [7, 11) is -1.54. The first-order valence-corrected chi connectivity index (χ1v) is 12.1. The Morgan fingerprint density at radius 2 is 1.54 bits per heavy atom. The van der Waals surface area contributed by atoms with E-state index in [1.165, 1.54) is 0 Å². The Labute approximate surface area is 83.0 Å². The van der Waals surface area contributed by atoms with Crippen LogP contribution in [0, 0.1) is 0 Å². The molecular formula is C7H21N3P3+. The Balaban J connectivity index is 3.34. The molecule has 0 unspecified atom stereocenters. The van der Waals surface area contributed by atoms with Crippen LogP contribution in [-0.4, -0.2) is 51.5 Å². The van der Waals surface area contributed by atoms with E-state index < -0.39 is 22.0 Å². The van der Waals surface area contributed by atoms with Crippen LogP contribution in [0.25, 0.3) is 0 Å². The lowest BCUT2D eigenvalue weighted by Crippen LogP contribution is -2.15. The molecule has 0 aromatic carbocycles. The fourth-order valence-corrected chi connectivity index (χ4v) is 16.6. The lowest BCUT2D eigenvalue weighted by atomic mass is 11.6. The lowest BCUT2D eigenvalue weighted by molar-refractivity contribution is 0.860. The molecule has 1 rings (SSSR count). The summed E-state index contributed by atoms with van der Waals surface area (Å²) >= 11 is 0. The fraction of sp³-hybridized carbons (Fsp3) is 1.00. The summed E-state index contributed by atoms with van der Waals surface area (Å²) < 4.78 is 12.3. The van der Waals surface area contributed by atoms with Crippen molar-refractivity contribution < 1.29 is 0 Å². The van der Waals surface area contributed by atoms with Gasteiger partial charge in [-0.2, -0.15) is 0 Å². The van der Waals surface area contributed by atoms with E-state index in [1.54, 1.807) is 0 Å². The molecule has 0 saturated heterocycles. The van der Waals surface area contributed by atoms with E-state index in [0.29, 0.717) is 0 Å². The highest BCUT2D eigenvalue weighted by Gasteiger charge is 2.42. The van der Waals surface area contributed by atoms with Gasteiger partial charge >= 0.3 is 0 Å². The predicted octanol–water partition coefficient (Wildman–Crippen LogP) is 3.79. The molecule has 13 heavy (non-hydrogen) atoms. The molecule has 1 aliphatic rings. The van der Waals surface area contributed by atoms with Crippen LogP contribution in [0.5, 0.6) is 0 Å². The third-order valence-corrected chi connectivity index (χ3v) is 14.8. The molecule has 0 N–H and O–H groups in total. The second-order valence-electron chi connectivity index (χ2n) is 4.68. The Bertz CT molecular complexity index is 320. The topological polar surface area (TPSA) is 28.0 Å². The molecule has 0 bridgehead atoms. The standard InChI is InChI=1S/C7H21N3P3/c1-10-12(4,5)8-11(2,3)9-13(10,6)7/h1-7H3/q+1. The van der Waals surface area contributed by atoms with Gasteiger partial charge in [0.2, 0.25) is 7.56 Å². The summed E-state index contributed by atoms with van der Waals surface area (Å²) in [5.74, 6) is 0. The van der Waals surface area contributed by atoms with Crippen molar-refractivity contribution in [3.05, 3.63) is 0 Å². The van der Waals surface area contributed by atoms with Crippen LogP contribution in [0.2, 0.25) is 0 Å². The molecule has 0 saturated carbocycles. The minimum absolute atomic E-state index is 1.21. The van der Waals surface area contributed by atoms with Gasteiger partial charge in [0.25, 0.3) is 0 Å². The molecule has 3 nitrogen and oxygen atoms in total. The molecule has 1 aliphatic heterocycles.